The predicted octanol–water partition coefficient (Wildman–Crippen LogP) is 3.30. The molecular formula is C25H24FN5O5. The van der Waals surface area contributed by atoms with Crippen LogP contribution in [0.3, 0.4) is 0 Å². The second-order valence-corrected chi connectivity index (χ2v) is 7.75. The lowest BCUT2D eigenvalue weighted by atomic mass is 10.1. The predicted molar refractivity (Wildman–Crippen MR) is 130 cm³/mol. The molecule has 36 heavy (non-hydrogen) atoms. The number of hydrogen-bond acceptors (Lipinski definition) is 7. The zero-order valence-electron chi connectivity index (χ0n) is 19.7. The first kappa shape index (κ1) is 24.6. The van der Waals surface area contributed by atoms with Gasteiger partial charge in [0.2, 0.25) is 17.7 Å². The molecule has 0 aliphatic carbocycles. The molecule has 0 atom stereocenters. The third kappa shape index (κ3) is 5.41. The quantitative estimate of drug-likeness (QED) is 0.347. The number of anilines is 1. The lowest BCUT2D eigenvalue weighted by Crippen LogP contribution is -2.19. The molecule has 0 saturated carbocycles. The van der Waals surface area contributed by atoms with E-state index in [2.05, 4.69) is 15.3 Å². The van der Waals surface area contributed by atoms with Crippen LogP contribution in [-0.4, -0.2) is 47.2 Å². The maximum absolute atomic E-state index is 14.7. The van der Waals surface area contributed by atoms with Crippen LogP contribution < -0.4 is 20.5 Å². The van der Waals surface area contributed by atoms with Crippen LogP contribution in [0.4, 0.5) is 10.3 Å². The van der Waals surface area contributed by atoms with E-state index in [9.17, 15) is 14.0 Å². The van der Waals surface area contributed by atoms with Gasteiger partial charge in [0, 0.05) is 25.9 Å². The number of carbonyl (C=O) groups excluding carboxylic acids is 2. The zero-order valence-corrected chi connectivity index (χ0v) is 19.7. The van der Waals surface area contributed by atoms with E-state index < -0.39 is 11.7 Å². The topological polar surface area (TPSA) is 131 Å². The van der Waals surface area contributed by atoms with Crippen molar-refractivity contribution in [2.24, 2.45) is 5.73 Å². The fourth-order valence-electron chi connectivity index (χ4n) is 3.59. The molecule has 0 radical (unpaired) electrons. The molecule has 4 rings (SSSR count). The first-order valence-corrected chi connectivity index (χ1v) is 10.9. The summed E-state index contributed by atoms with van der Waals surface area (Å²) < 4.78 is 32.5. The van der Waals surface area contributed by atoms with E-state index in [1.54, 1.807) is 32.4 Å². The monoisotopic (exact) mass is 493 g/mol. The number of aromatic nitrogens is 3. The number of benzene rings is 2. The Hall–Kier alpha value is -4.51. The van der Waals surface area contributed by atoms with Crippen LogP contribution in [0.15, 0.2) is 54.7 Å². The molecule has 2 aromatic heterocycles. The number of amides is 2. The average molecular weight is 493 g/mol. The average Bonchev–Trinajstić information content (AvgIpc) is 3.20. The highest BCUT2D eigenvalue weighted by Gasteiger charge is 2.17. The molecule has 11 heteroatoms. The van der Waals surface area contributed by atoms with E-state index in [0.29, 0.717) is 35.9 Å². The van der Waals surface area contributed by atoms with E-state index in [-0.39, 0.29) is 29.5 Å². The minimum Gasteiger partial charge on any atom is -0.497 e. The summed E-state index contributed by atoms with van der Waals surface area (Å²) in [5, 5.41) is 2.79. The Bertz CT molecular complexity index is 1420. The molecular weight excluding hydrogens is 469 g/mol. The standard InChI is InChI=1S/C25H24FN5O5/c1-34-11-10-31-20-14-16(35-2)6-7-19(20)29-25(31)30-22(32)13-15-5-8-21(18(26)12-15)36-24-17(23(27)33)4-3-9-28-24/h3-9,12,14H,10-11,13H2,1-2H3,(H2,27,33)(H,29,30,32). The van der Waals surface area contributed by atoms with Crippen LogP contribution in [-0.2, 0) is 22.5 Å². The number of hydrogen-bond donors (Lipinski definition) is 2. The number of fused-ring (bicyclic) bond motifs is 1. The normalized spacial score (nSPS) is 10.9. The number of nitrogens with one attached hydrogen (secondary N) is 1. The Labute approximate surface area is 205 Å². The zero-order chi connectivity index (χ0) is 25.7. The van der Waals surface area contributed by atoms with Gasteiger partial charge in [0.1, 0.15) is 11.3 Å². The molecule has 2 amide bonds. The van der Waals surface area contributed by atoms with Gasteiger partial charge in [-0.15, -0.1) is 0 Å². The maximum atomic E-state index is 14.7. The minimum absolute atomic E-state index is 0.0225. The van der Waals surface area contributed by atoms with Gasteiger partial charge in [-0.25, -0.2) is 14.4 Å². The molecule has 4 aromatic rings. The Kier molecular flexibility index (Phi) is 7.40. The van der Waals surface area contributed by atoms with Crippen LogP contribution in [0.2, 0.25) is 0 Å². The molecule has 10 nitrogen and oxygen atoms in total. The van der Waals surface area contributed by atoms with E-state index >= 15 is 0 Å². The van der Waals surface area contributed by atoms with Gasteiger partial charge in [-0.2, -0.15) is 0 Å². The molecule has 3 N–H and O–H groups in total. The first-order valence-electron chi connectivity index (χ1n) is 10.9. The maximum Gasteiger partial charge on any atom is 0.254 e. The van der Waals surface area contributed by atoms with Crippen LogP contribution in [0.5, 0.6) is 17.4 Å². The van der Waals surface area contributed by atoms with Crippen LogP contribution in [0.1, 0.15) is 15.9 Å². The fourth-order valence-corrected chi connectivity index (χ4v) is 3.59. The lowest BCUT2D eigenvalue weighted by Gasteiger charge is -2.11. The number of methoxy groups -OCH3 is 2. The third-order valence-electron chi connectivity index (χ3n) is 5.33. The number of carbonyl (C=O) groups is 2. The molecule has 186 valence electrons. The minimum atomic E-state index is -0.748. The molecule has 2 heterocycles. The molecule has 0 aliphatic heterocycles. The number of imidazole rings is 1. The number of rotatable bonds is 10. The Balaban J connectivity index is 1.50. The van der Waals surface area contributed by atoms with Crippen molar-refractivity contribution in [2.45, 2.75) is 13.0 Å². The smallest absolute Gasteiger partial charge is 0.254 e. The summed E-state index contributed by atoms with van der Waals surface area (Å²) in [5.41, 5.74) is 7.20. The largest absolute Gasteiger partial charge is 0.497 e. The van der Waals surface area contributed by atoms with Crippen molar-refractivity contribution in [3.8, 4) is 17.4 Å². The van der Waals surface area contributed by atoms with Crippen molar-refractivity contribution in [2.75, 3.05) is 26.1 Å². The Morgan fingerprint density at radius 1 is 1.14 bits per heavy atom. The van der Waals surface area contributed by atoms with Crippen molar-refractivity contribution in [1.82, 2.24) is 14.5 Å². The second kappa shape index (κ2) is 10.8. The van der Waals surface area contributed by atoms with Gasteiger partial charge in [-0.05, 0) is 42.0 Å². The Morgan fingerprint density at radius 3 is 2.69 bits per heavy atom. The third-order valence-corrected chi connectivity index (χ3v) is 5.33. The second-order valence-electron chi connectivity index (χ2n) is 7.75. The number of pyridine rings is 1. The molecule has 0 unspecified atom stereocenters. The van der Waals surface area contributed by atoms with Crippen molar-refractivity contribution >= 4 is 28.8 Å². The van der Waals surface area contributed by atoms with Crippen molar-refractivity contribution in [1.29, 1.82) is 0 Å². The number of nitrogens with zero attached hydrogens (tertiary/aromatic N) is 3. The van der Waals surface area contributed by atoms with Gasteiger partial charge < -0.3 is 24.5 Å². The lowest BCUT2D eigenvalue weighted by molar-refractivity contribution is -0.115. The molecule has 0 aliphatic rings. The fraction of sp³-hybridized carbons (Fsp3) is 0.200. The van der Waals surface area contributed by atoms with Gasteiger partial charge >= 0.3 is 0 Å². The van der Waals surface area contributed by atoms with E-state index in [0.717, 1.165) is 5.52 Å². The molecule has 0 bridgehead atoms. The summed E-state index contributed by atoms with van der Waals surface area (Å²) in [6, 6.07) is 12.4. The number of nitrogens with two attached hydrogens (primary N) is 1. The number of halogens is 1. The van der Waals surface area contributed by atoms with Gasteiger partial charge in [-0.1, -0.05) is 6.07 Å². The molecule has 2 aromatic carbocycles. The SMILES string of the molecule is COCCn1c(NC(=O)Cc2ccc(Oc3ncccc3C(N)=O)c(F)c2)nc2ccc(OC)cc21. The summed E-state index contributed by atoms with van der Waals surface area (Å²) in [6.07, 6.45) is 1.29. The number of primary amides is 1. The van der Waals surface area contributed by atoms with Crippen molar-refractivity contribution < 1.29 is 28.2 Å². The molecule has 0 spiro atoms. The molecule has 0 saturated heterocycles. The summed E-state index contributed by atoms with van der Waals surface area (Å²) >= 11 is 0. The van der Waals surface area contributed by atoms with Gasteiger partial charge in [0.25, 0.3) is 5.91 Å². The molecule has 0 fully saturated rings. The van der Waals surface area contributed by atoms with E-state index in [4.69, 9.17) is 19.9 Å². The summed E-state index contributed by atoms with van der Waals surface area (Å²) in [7, 11) is 3.16. The van der Waals surface area contributed by atoms with Gasteiger partial charge in [0.15, 0.2) is 11.6 Å². The summed E-state index contributed by atoms with van der Waals surface area (Å²) in [5.74, 6) is -1.12. The van der Waals surface area contributed by atoms with Crippen LogP contribution in [0.25, 0.3) is 11.0 Å². The first-order chi connectivity index (χ1) is 17.4. The highest BCUT2D eigenvalue weighted by atomic mass is 19.1. The van der Waals surface area contributed by atoms with E-state index in [1.165, 1.54) is 30.5 Å². The summed E-state index contributed by atoms with van der Waals surface area (Å²) in [4.78, 5) is 32.8. The van der Waals surface area contributed by atoms with Crippen molar-refractivity contribution in [3.05, 3.63) is 71.7 Å². The number of ether oxygens (including phenoxy) is 3. The van der Waals surface area contributed by atoms with Crippen LogP contribution in [0, 0.1) is 5.82 Å². The van der Waals surface area contributed by atoms with Gasteiger partial charge in [0.05, 0.1) is 31.2 Å². The summed E-state index contributed by atoms with van der Waals surface area (Å²) in [6.45, 7) is 0.864. The van der Waals surface area contributed by atoms with E-state index in [1.807, 2.05) is 10.6 Å². The Morgan fingerprint density at radius 2 is 1.97 bits per heavy atom. The highest BCUT2D eigenvalue weighted by Crippen LogP contribution is 2.27. The van der Waals surface area contributed by atoms with Gasteiger partial charge in [-0.3, -0.25) is 14.9 Å². The van der Waals surface area contributed by atoms with Crippen molar-refractivity contribution in [3.63, 3.8) is 0 Å². The highest BCUT2D eigenvalue weighted by molar-refractivity contribution is 5.95. The van der Waals surface area contributed by atoms with Crippen LogP contribution >= 0.6 is 0 Å².